The molecule has 9 heteroatoms. The van der Waals surface area contributed by atoms with E-state index in [0.717, 1.165) is 11.0 Å². The number of thiophene rings is 1. The summed E-state index contributed by atoms with van der Waals surface area (Å²) in [6, 6.07) is 1.73. The highest BCUT2D eigenvalue weighted by Gasteiger charge is 2.17. The smallest absolute Gasteiger partial charge is 0.328 e. The molecule has 0 radical (unpaired) electrons. The van der Waals surface area contributed by atoms with Gasteiger partial charge in [-0.25, -0.2) is 22.9 Å². The van der Waals surface area contributed by atoms with Gasteiger partial charge in [0.15, 0.2) is 5.03 Å². The summed E-state index contributed by atoms with van der Waals surface area (Å²) in [6.45, 7) is 0.0792. The molecule has 0 atom stereocenters. The molecule has 2 aromatic rings. The third-order valence-corrected chi connectivity index (χ3v) is 4.79. The molecule has 2 heterocycles. The first-order chi connectivity index (χ1) is 9.88. The molecule has 7 nitrogen and oxygen atoms in total. The fraction of sp³-hybridized carbons (Fsp3) is 0.167. The molecular formula is C12H13N3O4S2. The van der Waals surface area contributed by atoms with Crippen molar-refractivity contribution in [1.82, 2.24) is 14.3 Å². The van der Waals surface area contributed by atoms with E-state index in [0.29, 0.717) is 5.56 Å². The highest BCUT2D eigenvalue weighted by atomic mass is 32.2. The Morgan fingerprint density at radius 1 is 1.57 bits per heavy atom. The van der Waals surface area contributed by atoms with Gasteiger partial charge in [0.25, 0.3) is 10.0 Å². The number of hydrogen-bond acceptors (Lipinski definition) is 5. The van der Waals surface area contributed by atoms with Crippen molar-refractivity contribution in [1.29, 1.82) is 0 Å². The van der Waals surface area contributed by atoms with Gasteiger partial charge in [-0.1, -0.05) is 0 Å². The van der Waals surface area contributed by atoms with Gasteiger partial charge in [-0.2, -0.15) is 0 Å². The van der Waals surface area contributed by atoms with Crippen molar-refractivity contribution in [3.8, 4) is 0 Å². The van der Waals surface area contributed by atoms with Gasteiger partial charge in [0.05, 0.1) is 6.33 Å². The Kier molecular flexibility index (Phi) is 4.56. The number of aryl methyl sites for hydroxylation is 1. The summed E-state index contributed by atoms with van der Waals surface area (Å²) in [5.74, 6) is -1.05. The van der Waals surface area contributed by atoms with Crippen LogP contribution in [0.4, 0.5) is 0 Å². The van der Waals surface area contributed by atoms with Crippen molar-refractivity contribution < 1.29 is 18.3 Å². The average Bonchev–Trinajstić information content (AvgIpc) is 3.03. The summed E-state index contributed by atoms with van der Waals surface area (Å²) in [4.78, 5) is 15.0. The van der Waals surface area contributed by atoms with Gasteiger partial charge >= 0.3 is 5.97 Å². The van der Waals surface area contributed by atoms with Crippen LogP contribution in [0.2, 0.25) is 0 Å². The molecule has 0 saturated carbocycles. The molecule has 0 bridgehead atoms. The fourth-order valence-electron chi connectivity index (χ4n) is 1.57. The normalized spacial score (nSPS) is 12.0. The van der Waals surface area contributed by atoms with Crippen molar-refractivity contribution in [3.63, 3.8) is 0 Å². The lowest BCUT2D eigenvalue weighted by molar-refractivity contribution is -0.131. The number of carboxylic acid groups (broad SMARTS) is 1. The summed E-state index contributed by atoms with van der Waals surface area (Å²) in [7, 11) is -2.00. The van der Waals surface area contributed by atoms with E-state index in [-0.39, 0.29) is 11.6 Å². The number of aliphatic carboxylic acids is 1. The minimum atomic E-state index is -3.68. The lowest BCUT2D eigenvalue weighted by atomic mass is 10.2. The van der Waals surface area contributed by atoms with Crippen LogP contribution in [0.15, 0.2) is 35.1 Å². The number of carbonyl (C=O) groups is 1. The van der Waals surface area contributed by atoms with Crippen LogP contribution in [0.25, 0.3) is 6.08 Å². The van der Waals surface area contributed by atoms with Gasteiger partial charge in [-0.3, -0.25) is 0 Å². The summed E-state index contributed by atoms with van der Waals surface area (Å²) < 4.78 is 28.0. The van der Waals surface area contributed by atoms with Crippen LogP contribution in [0.5, 0.6) is 0 Å². The summed E-state index contributed by atoms with van der Waals surface area (Å²) in [5, 5.41) is 10.3. The van der Waals surface area contributed by atoms with E-state index in [4.69, 9.17) is 5.11 Å². The van der Waals surface area contributed by atoms with Crippen molar-refractivity contribution >= 4 is 33.4 Å². The second kappa shape index (κ2) is 6.20. The molecule has 2 aromatic heterocycles. The molecule has 0 aromatic carbocycles. The van der Waals surface area contributed by atoms with Crippen LogP contribution in [0, 0.1) is 0 Å². The van der Waals surface area contributed by atoms with Crippen LogP contribution in [0.1, 0.15) is 10.4 Å². The molecule has 21 heavy (non-hydrogen) atoms. The average molecular weight is 327 g/mol. The lowest BCUT2D eigenvalue weighted by Crippen LogP contribution is -2.23. The zero-order valence-corrected chi connectivity index (χ0v) is 12.7. The Bertz CT molecular complexity index is 774. The molecule has 0 aliphatic heterocycles. The number of nitrogens with zero attached hydrogens (tertiary/aromatic N) is 2. The standard InChI is InChI=1S/C12H13N3O4S2/c1-15-7-11(13-8-15)21(18,19)14-6-10-9(4-5-20-10)2-3-12(16)17/h2-5,7-8,14H,6H2,1H3,(H,16,17)/b3-2+. The number of nitrogens with one attached hydrogen (secondary N) is 1. The summed E-state index contributed by atoms with van der Waals surface area (Å²) >= 11 is 1.35. The van der Waals surface area contributed by atoms with Gasteiger partial charge in [0.1, 0.15) is 0 Å². The van der Waals surface area contributed by atoms with E-state index in [1.807, 2.05) is 0 Å². The van der Waals surface area contributed by atoms with Gasteiger partial charge in [-0.05, 0) is 23.1 Å². The third kappa shape index (κ3) is 4.00. The fourth-order valence-corrected chi connectivity index (χ4v) is 3.44. The molecule has 0 amide bonds. The van der Waals surface area contributed by atoms with Crippen molar-refractivity contribution in [2.75, 3.05) is 0 Å². The number of rotatable bonds is 6. The van der Waals surface area contributed by atoms with Crippen molar-refractivity contribution in [2.24, 2.45) is 7.05 Å². The van der Waals surface area contributed by atoms with Crippen LogP contribution < -0.4 is 4.72 Å². The van der Waals surface area contributed by atoms with Crippen molar-refractivity contribution in [3.05, 3.63) is 40.5 Å². The second-order valence-electron chi connectivity index (χ2n) is 4.17. The predicted octanol–water partition coefficient (Wildman–Crippen LogP) is 1.06. The van der Waals surface area contributed by atoms with E-state index in [1.165, 1.54) is 29.9 Å². The monoisotopic (exact) mass is 327 g/mol. The maximum atomic E-state index is 12.0. The quantitative estimate of drug-likeness (QED) is 0.773. The number of carboxylic acids is 1. The SMILES string of the molecule is Cn1cnc(S(=O)(=O)NCc2sccc2/C=C/C(=O)O)c1. The molecule has 0 saturated heterocycles. The zero-order valence-electron chi connectivity index (χ0n) is 11.1. The number of imidazole rings is 1. The Hall–Kier alpha value is -1.97. The van der Waals surface area contributed by atoms with Crippen molar-refractivity contribution in [2.45, 2.75) is 11.6 Å². The van der Waals surface area contributed by atoms with Crippen LogP contribution in [-0.4, -0.2) is 29.0 Å². The van der Waals surface area contributed by atoms with E-state index in [2.05, 4.69) is 9.71 Å². The number of hydrogen-bond donors (Lipinski definition) is 2. The molecule has 112 valence electrons. The zero-order chi connectivity index (χ0) is 15.5. The number of aromatic nitrogens is 2. The first-order valence-corrected chi connectivity index (χ1v) is 8.20. The van der Waals surface area contributed by atoms with Gasteiger partial charge < -0.3 is 9.67 Å². The van der Waals surface area contributed by atoms with Crippen LogP contribution in [-0.2, 0) is 28.4 Å². The first kappa shape index (κ1) is 15.4. The minimum absolute atomic E-state index is 0.0517. The van der Waals surface area contributed by atoms with Gasteiger partial charge in [0.2, 0.25) is 0 Å². The maximum Gasteiger partial charge on any atom is 0.328 e. The van der Waals surface area contributed by atoms with Crippen LogP contribution in [0.3, 0.4) is 0 Å². The molecule has 0 aliphatic carbocycles. The second-order valence-corrected chi connectivity index (χ2v) is 6.89. The molecule has 2 rings (SSSR count). The minimum Gasteiger partial charge on any atom is -0.478 e. The summed E-state index contributed by atoms with van der Waals surface area (Å²) in [6.07, 6.45) is 5.25. The topological polar surface area (TPSA) is 101 Å². The Morgan fingerprint density at radius 3 is 2.95 bits per heavy atom. The first-order valence-electron chi connectivity index (χ1n) is 5.83. The number of sulfonamides is 1. The van der Waals surface area contributed by atoms with E-state index >= 15 is 0 Å². The molecule has 2 N–H and O–H groups in total. The Balaban J connectivity index is 2.10. The third-order valence-electron chi connectivity index (χ3n) is 2.56. The van der Waals surface area contributed by atoms with E-state index < -0.39 is 16.0 Å². The van der Waals surface area contributed by atoms with Crippen LogP contribution >= 0.6 is 11.3 Å². The molecule has 0 fully saturated rings. The van der Waals surface area contributed by atoms with E-state index in [1.54, 1.807) is 23.1 Å². The Labute approximate surface area is 125 Å². The maximum absolute atomic E-state index is 12.0. The van der Waals surface area contributed by atoms with Gasteiger partial charge in [-0.15, -0.1) is 11.3 Å². The highest BCUT2D eigenvalue weighted by Crippen LogP contribution is 2.19. The molecule has 0 unspecified atom stereocenters. The van der Waals surface area contributed by atoms with Gasteiger partial charge in [0, 0.05) is 30.7 Å². The summed E-state index contributed by atoms with van der Waals surface area (Å²) in [5.41, 5.74) is 0.672. The highest BCUT2D eigenvalue weighted by molar-refractivity contribution is 7.89. The predicted molar refractivity (Wildman–Crippen MR) is 78.2 cm³/mol. The molecule has 0 spiro atoms. The Morgan fingerprint density at radius 2 is 2.33 bits per heavy atom. The lowest BCUT2D eigenvalue weighted by Gasteiger charge is -2.03. The largest absolute Gasteiger partial charge is 0.478 e. The molecular weight excluding hydrogens is 314 g/mol. The van der Waals surface area contributed by atoms with E-state index in [9.17, 15) is 13.2 Å². The molecule has 0 aliphatic rings.